The van der Waals surface area contributed by atoms with Crippen molar-refractivity contribution in [1.29, 1.82) is 0 Å². The quantitative estimate of drug-likeness (QED) is 0.823. The summed E-state index contributed by atoms with van der Waals surface area (Å²) in [6.07, 6.45) is 2.99. The lowest BCUT2D eigenvalue weighted by molar-refractivity contribution is 0.309. The maximum absolute atomic E-state index is 6.28. The number of hydrogen-bond donors (Lipinski definition) is 1. The Hall–Kier alpha value is -0.730. The van der Waals surface area contributed by atoms with Crippen molar-refractivity contribution < 1.29 is 4.74 Å². The van der Waals surface area contributed by atoms with Gasteiger partial charge in [-0.25, -0.2) is 0 Å². The minimum atomic E-state index is -0.000689. The Labute approximate surface area is 115 Å². The van der Waals surface area contributed by atoms with Crippen molar-refractivity contribution in [2.24, 2.45) is 5.73 Å². The lowest BCUT2D eigenvalue weighted by atomic mass is 9.95. The standard InChI is InChI=1S/C15H24ClNO/c1-5-7-13(17)14-11(4)12(16)9-10(3)15(14)18-8-6-2/h9,13H,5-8,17H2,1-4H3. The van der Waals surface area contributed by atoms with Gasteiger partial charge in [0.15, 0.2) is 0 Å². The van der Waals surface area contributed by atoms with E-state index in [2.05, 4.69) is 13.8 Å². The first kappa shape index (κ1) is 15.3. The zero-order chi connectivity index (χ0) is 13.7. The summed E-state index contributed by atoms with van der Waals surface area (Å²) in [6, 6.07) is 1.96. The van der Waals surface area contributed by atoms with Gasteiger partial charge >= 0.3 is 0 Å². The molecule has 2 N–H and O–H groups in total. The van der Waals surface area contributed by atoms with Crippen molar-refractivity contribution in [3.05, 3.63) is 27.8 Å². The van der Waals surface area contributed by atoms with E-state index in [1.165, 1.54) is 0 Å². The molecule has 1 aromatic carbocycles. The lowest BCUT2D eigenvalue weighted by Crippen LogP contribution is -2.15. The highest BCUT2D eigenvalue weighted by Gasteiger charge is 2.19. The highest BCUT2D eigenvalue weighted by molar-refractivity contribution is 6.31. The average Bonchev–Trinajstić information content (AvgIpc) is 2.32. The Bertz CT molecular complexity index is 404. The highest BCUT2D eigenvalue weighted by atomic mass is 35.5. The molecule has 0 fully saturated rings. The molecule has 0 heterocycles. The minimum Gasteiger partial charge on any atom is -0.493 e. The second kappa shape index (κ2) is 7.01. The van der Waals surface area contributed by atoms with Crippen molar-refractivity contribution in [3.8, 4) is 5.75 Å². The molecule has 0 bridgehead atoms. The molecule has 0 aliphatic rings. The molecule has 0 aliphatic heterocycles. The van der Waals surface area contributed by atoms with Crippen LogP contribution in [-0.2, 0) is 0 Å². The number of halogens is 1. The van der Waals surface area contributed by atoms with Crippen LogP contribution in [0.5, 0.6) is 5.75 Å². The molecular formula is C15H24ClNO. The molecular weight excluding hydrogens is 246 g/mol. The van der Waals surface area contributed by atoms with Gasteiger partial charge in [0.25, 0.3) is 0 Å². The summed E-state index contributed by atoms with van der Waals surface area (Å²) >= 11 is 6.26. The zero-order valence-corrected chi connectivity index (χ0v) is 12.6. The summed E-state index contributed by atoms with van der Waals surface area (Å²) in [5.74, 6) is 0.930. The van der Waals surface area contributed by atoms with E-state index in [0.717, 1.165) is 46.7 Å². The molecule has 1 atom stereocenters. The van der Waals surface area contributed by atoms with Crippen LogP contribution in [0.3, 0.4) is 0 Å². The summed E-state index contributed by atoms with van der Waals surface area (Å²) in [6.45, 7) is 9.00. The third-order valence-corrected chi connectivity index (χ3v) is 3.52. The maximum atomic E-state index is 6.28. The first-order valence-corrected chi connectivity index (χ1v) is 7.08. The number of nitrogens with two attached hydrogens (primary N) is 1. The molecule has 2 nitrogen and oxygen atoms in total. The molecule has 0 spiro atoms. The number of benzene rings is 1. The Balaban J connectivity index is 3.23. The van der Waals surface area contributed by atoms with Gasteiger partial charge in [-0.2, -0.15) is 0 Å². The lowest BCUT2D eigenvalue weighted by Gasteiger charge is -2.22. The molecule has 18 heavy (non-hydrogen) atoms. The number of hydrogen-bond acceptors (Lipinski definition) is 2. The fraction of sp³-hybridized carbons (Fsp3) is 0.600. The molecule has 0 amide bonds. The summed E-state index contributed by atoms with van der Waals surface area (Å²) in [5.41, 5.74) is 9.48. The molecule has 1 aromatic rings. The van der Waals surface area contributed by atoms with Crippen LogP contribution >= 0.6 is 11.6 Å². The summed E-state index contributed by atoms with van der Waals surface area (Å²) < 4.78 is 5.88. The third kappa shape index (κ3) is 3.39. The van der Waals surface area contributed by atoms with Gasteiger partial charge in [-0.1, -0.05) is 31.9 Å². The van der Waals surface area contributed by atoms with Crippen LogP contribution in [0.25, 0.3) is 0 Å². The molecule has 0 saturated heterocycles. The first-order chi connectivity index (χ1) is 8.52. The van der Waals surface area contributed by atoms with E-state index in [-0.39, 0.29) is 6.04 Å². The first-order valence-electron chi connectivity index (χ1n) is 6.70. The molecule has 3 heteroatoms. The SMILES string of the molecule is CCCOc1c(C)cc(Cl)c(C)c1C(N)CCC. The third-order valence-electron chi connectivity index (χ3n) is 3.13. The van der Waals surface area contributed by atoms with Gasteiger partial charge in [-0.05, 0) is 43.9 Å². The van der Waals surface area contributed by atoms with Gasteiger partial charge < -0.3 is 10.5 Å². The highest BCUT2D eigenvalue weighted by Crippen LogP contribution is 2.37. The molecule has 0 radical (unpaired) electrons. The van der Waals surface area contributed by atoms with Crippen molar-refractivity contribution in [1.82, 2.24) is 0 Å². The monoisotopic (exact) mass is 269 g/mol. The predicted octanol–water partition coefficient (Wildman–Crippen LogP) is 4.55. The van der Waals surface area contributed by atoms with Crippen molar-refractivity contribution in [2.45, 2.75) is 53.0 Å². The Kier molecular flexibility index (Phi) is 5.97. The van der Waals surface area contributed by atoms with E-state index in [1.807, 2.05) is 19.9 Å². The number of rotatable bonds is 6. The molecule has 0 aromatic heterocycles. The molecule has 0 aliphatic carbocycles. The fourth-order valence-corrected chi connectivity index (χ4v) is 2.44. The van der Waals surface area contributed by atoms with E-state index in [9.17, 15) is 0 Å². The Morgan fingerprint density at radius 3 is 2.50 bits per heavy atom. The van der Waals surface area contributed by atoms with Crippen LogP contribution in [0, 0.1) is 13.8 Å². The van der Waals surface area contributed by atoms with E-state index >= 15 is 0 Å². The normalized spacial score (nSPS) is 12.6. The molecule has 102 valence electrons. The fourth-order valence-electron chi connectivity index (χ4n) is 2.17. The van der Waals surface area contributed by atoms with Gasteiger partial charge in [-0.15, -0.1) is 0 Å². The smallest absolute Gasteiger partial charge is 0.127 e. The number of aryl methyl sites for hydroxylation is 1. The topological polar surface area (TPSA) is 35.2 Å². The average molecular weight is 270 g/mol. The van der Waals surface area contributed by atoms with Crippen molar-refractivity contribution in [3.63, 3.8) is 0 Å². The predicted molar refractivity (Wildman–Crippen MR) is 78.5 cm³/mol. The van der Waals surface area contributed by atoms with E-state index < -0.39 is 0 Å². The summed E-state index contributed by atoms with van der Waals surface area (Å²) in [4.78, 5) is 0. The summed E-state index contributed by atoms with van der Waals surface area (Å²) in [5, 5.41) is 0.776. The van der Waals surface area contributed by atoms with Crippen molar-refractivity contribution in [2.75, 3.05) is 6.61 Å². The molecule has 1 unspecified atom stereocenters. The molecule has 0 saturated carbocycles. The van der Waals surface area contributed by atoms with E-state index in [0.29, 0.717) is 6.61 Å². The second-order valence-electron chi connectivity index (χ2n) is 4.79. The minimum absolute atomic E-state index is 0.000689. The van der Waals surface area contributed by atoms with Crippen LogP contribution in [0.2, 0.25) is 5.02 Å². The molecule has 1 rings (SSSR count). The Morgan fingerprint density at radius 2 is 1.94 bits per heavy atom. The van der Waals surface area contributed by atoms with Crippen LogP contribution in [0.15, 0.2) is 6.07 Å². The van der Waals surface area contributed by atoms with Gasteiger partial charge in [0, 0.05) is 16.6 Å². The van der Waals surface area contributed by atoms with Crippen LogP contribution in [0.4, 0.5) is 0 Å². The van der Waals surface area contributed by atoms with Gasteiger partial charge in [0.1, 0.15) is 5.75 Å². The van der Waals surface area contributed by atoms with Gasteiger partial charge in [0.2, 0.25) is 0 Å². The number of ether oxygens (including phenoxy) is 1. The Morgan fingerprint density at radius 1 is 1.28 bits per heavy atom. The largest absolute Gasteiger partial charge is 0.493 e. The van der Waals surface area contributed by atoms with E-state index in [1.54, 1.807) is 0 Å². The van der Waals surface area contributed by atoms with Crippen LogP contribution < -0.4 is 10.5 Å². The van der Waals surface area contributed by atoms with Crippen LogP contribution in [-0.4, -0.2) is 6.61 Å². The summed E-state index contributed by atoms with van der Waals surface area (Å²) in [7, 11) is 0. The van der Waals surface area contributed by atoms with Gasteiger partial charge in [0.05, 0.1) is 6.61 Å². The zero-order valence-electron chi connectivity index (χ0n) is 11.8. The van der Waals surface area contributed by atoms with Crippen LogP contribution in [0.1, 0.15) is 55.8 Å². The van der Waals surface area contributed by atoms with Gasteiger partial charge in [-0.3, -0.25) is 0 Å². The van der Waals surface area contributed by atoms with Crippen molar-refractivity contribution >= 4 is 11.6 Å². The van der Waals surface area contributed by atoms with E-state index in [4.69, 9.17) is 22.1 Å². The second-order valence-corrected chi connectivity index (χ2v) is 5.19. The maximum Gasteiger partial charge on any atom is 0.127 e.